The van der Waals surface area contributed by atoms with E-state index >= 15 is 0 Å². The van der Waals surface area contributed by atoms with Gasteiger partial charge in [0, 0.05) is 31.7 Å². The minimum Gasteiger partial charge on any atom is -0.337 e. The monoisotopic (exact) mass is 432 g/mol. The molecule has 0 unspecified atom stereocenters. The summed E-state index contributed by atoms with van der Waals surface area (Å²) in [6.45, 7) is 2.69. The normalized spacial score (nSPS) is 20.6. The van der Waals surface area contributed by atoms with E-state index in [1.165, 1.54) is 4.90 Å². The molecule has 0 radical (unpaired) electrons. The van der Waals surface area contributed by atoms with Crippen LogP contribution in [0.2, 0.25) is 0 Å². The summed E-state index contributed by atoms with van der Waals surface area (Å²) in [6.07, 6.45) is 1.76. The van der Waals surface area contributed by atoms with E-state index in [0.717, 1.165) is 18.4 Å². The number of imide groups is 1. The van der Waals surface area contributed by atoms with Crippen molar-refractivity contribution >= 4 is 23.8 Å². The van der Waals surface area contributed by atoms with E-state index in [4.69, 9.17) is 0 Å². The Kier molecular flexibility index (Phi) is 5.13. The molecule has 3 heterocycles. The van der Waals surface area contributed by atoms with Crippen LogP contribution in [0, 0.1) is 0 Å². The fraction of sp³-hybridized carbons (Fsp3) is 0.333. The van der Waals surface area contributed by atoms with E-state index in [9.17, 15) is 19.2 Å². The predicted octanol–water partition coefficient (Wildman–Crippen LogP) is 2.11. The summed E-state index contributed by atoms with van der Waals surface area (Å²) < 4.78 is 0. The Morgan fingerprint density at radius 1 is 0.938 bits per heavy atom. The maximum absolute atomic E-state index is 13.0. The SMILES string of the molecule is O=C(c1ccc(CN2C(=O)c3ccccc3C2=O)cc1)N1CCC[C@H](N2CCNC2=O)C1. The average molecular weight is 432 g/mol. The van der Waals surface area contributed by atoms with Crippen LogP contribution in [0.5, 0.6) is 0 Å². The maximum atomic E-state index is 13.0. The molecule has 8 nitrogen and oxygen atoms in total. The fourth-order valence-corrected chi connectivity index (χ4v) is 4.73. The molecule has 2 fully saturated rings. The van der Waals surface area contributed by atoms with E-state index in [1.807, 2.05) is 4.90 Å². The van der Waals surface area contributed by atoms with Crippen molar-refractivity contribution in [2.75, 3.05) is 26.2 Å². The van der Waals surface area contributed by atoms with Crippen molar-refractivity contribution < 1.29 is 19.2 Å². The number of hydrogen-bond acceptors (Lipinski definition) is 4. The molecule has 164 valence electrons. The molecule has 0 aromatic heterocycles. The summed E-state index contributed by atoms with van der Waals surface area (Å²) in [4.78, 5) is 55.0. The number of amides is 5. The summed E-state index contributed by atoms with van der Waals surface area (Å²) in [5.74, 6) is -0.659. The lowest BCUT2D eigenvalue weighted by Crippen LogP contribution is -2.50. The maximum Gasteiger partial charge on any atom is 0.317 e. The van der Waals surface area contributed by atoms with E-state index < -0.39 is 0 Å². The number of hydrogen-bond donors (Lipinski definition) is 1. The highest BCUT2D eigenvalue weighted by Gasteiger charge is 2.35. The van der Waals surface area contributed by atoms with Gasteiger partial charge in [0.25, 0.3) is 17.7 Å². The third-order valence-electron chi connectivity index (χ3n) is 6.43. The predicted molar refractivity (Wildman–Crippen MR) is 116 cm³/mol. The van der Waals surface area contributed by atoms with Gasteiger partial charge in [-0.05, 0) is 42.7 Å². The second kappa shape index (κ2) is 8.11. The van der Waals surface area contributed by atoms with Crippen LogP contribution in [-0.4, -0.2) is 70.7 Å². The lowest BCUT2D eigenvalue weighted by Gasteiger charge is -2.37. The molecular formula is C24H24N4O4. The molecule has 32 heavy (non-hydrogen) atoms. The van der Waals surface area contributed by atoms with Crippen LogP contribution in [0.4, 0.5) is 4.79 Å². The van der Waals surface area contributed by atoms with E-state index in [1.54, 1.807) is 53.4 Å². The zero-order valence-corrected chi connectivity index (χ0v) is 17.6. The third-order valence-corrected chi connectivity index (χ3v) is 6.43. The van der Waals surface area contributed by atoms with Crippen molar-refractivity contribution in [3.05, 3.63) is 70.8 Å². The van der Waals surface area contributed by atoms with Crippen LogP contribution in [0.15, 0.2) is 48.5 Å². The number of fused-ring (bicyclic) bond motifs is 1. The van der Waals surface area contributed by atoms with Crippen LogP contribution in [0.3, 0.4) is 0 Å². The number of benzene rings is 2. The van der Waals surface area contributed by atoms with E-state index in [2.05, 4.69) is 5.32 Å². The largest absolute Gasteiger partial charge is 0.337 e. The third kappa shape index (κ3) is 3.51. The molecule has 5 amide bonds. The molecule has 0 bridgehead atoms. The van der Waals surface area contributed by atoms with E-state index in [-0.39, 0.29) is 36.3 Å². The average Bonchev–Trinajstić information content (AvgIpc) is 3.36. The van der Waals surface area contributed by atoms with Crippen LogP contribution in [0.1, 0.15) is 49.5 Å². The number of carbonyl (C=O) groups is 4. The molecule has 5 rings (SSSR count). The molecule has 1 N–H and O–H groups in total. The van der Waals surface area contributed by atoms with Gasteiger partial charge in [-0.2, -0.15) is 0 Å². The van der Waals surface area contributed by atoms with Gasteiger partial charge in [0.2, 0.25) is 0 Å². The molecule has 2 aromatic rings. The zero-order valence-electron chi connectivity index (χ0n) is 17.6. The van der Waals surface area contributed by atoms with Crippen molar-refractivity contribution in [3.63, 3.8) is 0 Å². The van der Waals surface area contributed by atoms with Gasteiger partial charge >= 0.3 is 6.03 Å². The second-order valence-corrected chi connectivity index (χ2v) is 8.41. The number of nitrogens with one attached hydrogen (secondary N) is 1. The number of urea groups is 1. The number of rotatable bonds is 4. The Hall–Kier alpha value is -3.68. The number of piperidine rings is 1. The summed E-state index contributed by atoms with van der Waals surface area (Å²) in [5, 5.41) is 2.82. The molecule has 2 aromatic carbocycles. The van der Waals surface area contributed by atoms with E-state index in [0.29, 0.717) is 42.9 Å². The molecule has 8 heteroatoms. The molecule has 2 saturated heterocycles. The van der Waals surface area contributed by atoms with Crippen LogP contribution < -0.4 is 5.32 Å². The molecule has 3 aliphatic rings. The fourth-order valence-electron chi connectivity index (χ4n) is 4.73. The first kappa shape index (κ1) is 20.2. The summed E-state index contributed by atoms with van der Waals surface area (Å²) in [5.41, 5.74) is 2.19. The van der Waals surface area contributed by atoms with Gasteiger partial charge in [0.15, 0.2) is 0 Å². The first-order valence-electron chi connectivity index (χ1n) is 10.9. The Balaban J connectivity index is 1.25. The summed E-state index contributed by atoms with van der Waals surface area (Å²) in [6, 6.07) is 13.8. The van der Waals surface area contributed by atoms with Crippen LogP contribution in [0.25, 0.3) is 0 Å². The second-order valence-electron chi connectivity index (χ2n) is 8.41. The smallest absolute Gasteiger partial charge is 0.317 e. The van der Waals surface area contributed by atoms with Crippen molar-refractivity contribution in [1.29, 1.82) is 0 Å². The lowest BCUT2D eigenvalue weighted by molar-refractivity contribution is 0.0627. The summed E-state index contributed by atoms with van der Waals surface area (Å²) in [7, 11) is 0. The number of carbonyl (C=O) groups excluding carboxylic acids is 4. The molecule has 0 spiro atoms. The Morgan fingerprint density at radius 3 is 2.25 bits per heavy atom. The van der Waals surface area contributed by atoms with Gasteiger partial charge < -0.3 is 15.1 Å². The molecular weight excluding hydrogens is 408 g/mol. The first-order valence-corrected chi connectivity index (χ1v) is 10.9. The number of likely N-dealkylation sites (tertiary alicyclic amines) is 1. The van der Waals surface area contributed by atoms with Crippen molar-refractivity contribution in [1.82, 2.24) is 20.0 Å². The Morgan fingerprint density at radius 2 is 1.62 bits per heavy atom. The Bertz CT molecular complexity index is 1060. The van der Waals surface area contributed by atoms with Crippen molar-refractivity contribution in [3.8, 4) is 0 Å². The lowest BCUT2D eigenvalue weighted by atomic mass is 10.0. The Labute approximate surface area is 185 Å². The van der Waals surface area contributed by atoms with Crippen molar-refractivity contribution in [2.24, 2.45) is 0 Å². The molecule has 3 aliphatic heterocycles. The zero-order chi connectivity index (χ0) is 22.2. The van der Waals surface area contributed by atoms with Gasteiger partial charge in [0.05, 0.1) is 23.7 Å². The standard InChI is InChI=1S/C24H24N4O4/c29-21(26-12-3-4-18(15-26)27-13-11-25-24(27)32)17-9-7-16(8-10-17)14-28-22(30)19-5-1-2-6-20(19)23(28)31/h1-2,5-10,18H,3-4,11-15H2,(H,25,32)/t18-/m0/s1. The minimum absolute atomic E-state index is 0.0447. The highest BCUT2D eigenvalue weighted by atomic mass is 16.2. The van der Waals surface area contributed by atoms with Crippen LogP contribution in [-0.2, 0) is 6.54 Å². The molecule has 0 saturated carbocycles. The van der Waals surface area contributed by atoms with Gasteiger partial charge in [-0.1, -0.05) is 24.3 Å². The van der Waals surface area contributed by atoms with Gasteiger partial charge in [-0.15, -0.1) is 0 Å². The first-order chi connectivity index (χ1) is 15.5. The summed E-state index contributed by atoms with van der Waals surface area (Å²) >= 11 is 0. The quantitative estimate of drug-likeness (QED) is 0.750. The highest BCUT2D eigenvalue weighted by Crippen LogP contribution is 2.25. The highest BCUT2D eigenvalue weighted by molar-refractivity contribution is 6.21. The van der Waals surface area contributed by atoms with Gasteiger partial charge in [0.1, 0.15) is 0 Å². The minimum atomic E-state index is -0.295. The molecule has 1 atom stereocenters. The topological polar surface area (TPSA) is 90.0 Å². The molecule has 0 aliphatic carbocycles. The number of nitrogens with zero attached hydrogens (tertiary/aromatic N) is 3. The van der Waals surface area contributed by atoms with Gasteiger partial charge in [-0.3, -0.25) is 19.3 Å². The van der Waals surface area contributed by atoms with Crippen LogP contribution >= 0.6 is 0 Å². The van der Waals surface area contributed by atoms with Gasteiger partial charge in [-0.25, -0.2) is 4.79 Å². The van der Waals surface area contributed by atoms with Crippen molar-refractivity contribution in [2.45, 2.75) is 25.4 Å².